The lowest BCUT2D eigenvalue weighted by atomic mass is 9.76. The first-order valence-corrected chi connectivity index (χ1v) is 12.6. The van der Waals surface area contributed by atoms with E-state index in [1.807, 2.05) is 0 Å². The minimum Gasteiger partial charge on any atom is -0.381 e. The first-order chi connectivity index (χ1) is 13.8. The second-order valence-electron chi connectivity index (χ2n) is 12.8. The normalized spacial score (nSPS) is 24.3. The Morgan fingerprint density at radius 1 is 0.485 bits per heavy atom. The molecule has 0 aromatic rings. The minimum absolute atomic E-state index is 0. The van der Waals surface area contributed by atoms with Gasteiger partial charge in [-0.1, -0.05) is 84.6 Å². The number of rotatable bonds is 0. The molecule has 3 rings (SSSR count). The molecule has 3 aliphatic heterocycles. The van der Waals surface area contributed by atoms with E-state index in [2.05, 4.69) is 62.3 Å². The molecule has 0 aromatic carbocycles. The van der Waals surface area contributed by atoms with E-state index in [4.69, 9.17) is 14.2 Å². The number of hydrogen-bond acceptors (Lipinski definition) is 3. The van der Waals surface area contributed by atoms with Crippen molar-refractivity contribution in [2.75, 3.05) is 33.0 Å². The molecule has 0 amide bonds. The highest BCUT2D eigenvalue weighted by molar-refractivity contribution is 4.77. The fourth-order valence-electron chi connectivity index (χ4n) is 4.41. The Balaban J connectivity index is -0.000000391. The average molecular weight is 475 g/mol. The van der Waals surface area contributed by atoms with Crippen molar-refractivity contribution in [1.82, 2.24) is 0 Å². The molecule has 3 aliphatic rings. The highest BCUT2D eigenvalue weighted by Crippen LogP contribution is 2.33. The molecule has 3 saturated heterocycles. The van der Waals surface area contributed by atoms with Crippen LogP contribution >= 0.6 is 0 Å². The van der Waals surface area contributed by atoms with Crippen LogP contribution in [0.3, 0.4) is 0 Å². The summed E-state index contributed by atoms with van der Waals surface area (Å²) in [6.07, 6.45) is 9.47. The van der Waals surface area contributed by atoms with E-state index in [0.29, 0.717) is 22.3 Å². The second kappa shape index (κ2) is 17.3. The van der Waals surface area contributed by atoms with Gasteiger partial charge in [-0.2, -0.15) is 0 Å². The molecule has 2 unspecified atom stereocenters. The van der Waals surface area contributed by atoms with Gasteiger partial charge in [-0.25, -0.2) is 0 Å². The molecule has 0 radical (unpaired) electrons. The van der Waals surface area contributed by atoms with Gasteiger partial charge < -0.3 is 14.2 Å². The molecule has 3 heteroatoms. The van der Waals surface area contributed by atoms with Gasteiger partial charge in [0.15, 0.2) is 0 Å². The molecule has 2 atom stereocenters. The first kappa shape index (κ1) is 37.4. The van der Waals surface area contributed by atoms with Crippen molar-refractivity contribution < 1.29 is 14.2 Å². The van der Waals surface area contributed by atoms with Gasteiger partial charge in [0.2, 0.25) is 0 Å². The van der Waals surface area contributed by atoms with Crippen molar-refractivity contribution in [3.63, 3.8) is 0 Å². The van der Waals surface area contributed by atoms with Crippen LogP contribution in [0.2, 0.25) is 0 Å². The van der Waals surface area contributed by atoms with Gasteiger partial charge in [0.25, 0.3) is 0 Å². The maximum Gasteiger partial charge on any atom is 0.0623 e. The zero-order valence-corrected chi connectivity index (χ0v) is 21.9. The third-order valence-corrected chi connectivity index (χ3v) is 6.98. The zero-order valence-electron chi connectivity index (χ0n) is 21.9. The van der Waals surface area contributed by atoms with Gasteiger partial charge in [0.05, 0.1) is 6.10 Å². The Kier molecular flexibility index (Phi) is 19.7. The fraction of sp³-hybridized carbons (Fsp3) is 1.00. The van der Waals surface area contributed by atoms with Crippen LogP contribution in [-0.4, -0.2) is 39.1 Å². The number of hydrogen-bond donors (Lipinski definition) is 0. The largest absolute Gasteiger partial charge is 0.381 e. The summed E-state index contributed by atoms with van der Waals surface area (Å²) in [5, 5.41) is 0. The molecular weight excluding hydrogens is 408 g/mol. The van der Waals surface area contributed by atoms with E-state index >= 15 is 0 Å². The van der Waals surface area contributed by atoms with Crippen LogP contribution in [0.15, 0.2) is 0 Å². The van der Waals surface area contributed by atoms with Crippen molar-refractivity contribution in [2.45, 2.75) is 136 Å². The summed E-state index contributed by atoms with van der Waals surface area (Å²) >= 11 is 0. The van der Waals surface area contributed by atoms with Gasteiger partial charge >= 0.3 is 0 Å². The predicted molar refractivity (Wildman–Crippen MR) is 149 cm³/mol. The molecular formula is C30H66O3. The average Bonchev–Trinajstić information content (AvgIpc) is 2.69. The molecule has 204 valence electrons. The lowest BCUT2D eigenvalue weighted by Crippen LogP contribution is -2.32. The Bertz CT molecular complexity index is 354. The summed E-state index contributed by atoms with van der Waals surface area (Å²) < 4.78 is 16.3. The van der Waals surface area contributed by atoms with E-state index in [1.165, 1.54) is 44.9 Å². The molecule has 3 fully saturated rings. The minimum atomic E-state index is 0. The lowest BCUT2D eigenvalue weighted by molar-refractivity contribution is -0.0474. The van der Waals surface area contributed by atoms with Crippen LogP contribution < -0.4 is 0 Å². The fourth-order valence-corrected chi connectivity index (χ4v) is 4.41. The maximum atomic E-state index is 5.64. The van der Waals surface area contributed by atoms with Crippen molar-refractivity contribution in [2.24, 2.45) is 28.1 Å². The standard InChI is InChI=1S/3C9H18O.3CH4/c1-9(2,3)8-4-6-10-7-5-8;1-9(2,3)8-5-4-6-10-7-8;1-9(2,3)8-6-4-5-7-10-8;;;/h3*8H,4-7H2,1-3H3;3*1H4. The molecule has 0 spiro atoms. The van der Waals surface area contributed by atoms with Crippen LogP contribution in [0.25, 0.3) is 0 Å². The van der Waals surface area contributed by atoms with Crippen LogP contribution in [0, 0.1) is 28.1 Å². The smallest absolute Gasteiger partial charge is 0.0623 e. The molecule has 0 saturated carbocycles. The van der Waals surface area contributed by atoms with Gasteiger partial charge in [0, 0.05) is 33.0 Å². The van der Waals surface area contributed by atoms with Crippen molar-refractivity contribution in [1.29, 1.82) is 0 Å². The van der Waals surface area contributed by atoms with Crippen molar-refractivity contribution >= 4 is 0 Å². The Hall–Kier alpha value is -0.120. The van der Waals surface area contributed by atoms with Crippen LogP contribution in [0.1, 0.15) is 130 Å². The third-order valence-electron chi connectivity index (χ3n) is 6.98. The van der Waals surface area contributed by atoms with Gasteiger partial charge in [-0.3, -0.25) is 0 Å². The molecule has 3 heterocycles. The van der Waals surface area contributed by atoms with Gasteiger partial charge in [-0.15, -0.1) is 0 Å². The SMILES string of the molecule is C.C.C.CC(C)(C)C1CCCCO1.CC(C)(C)C1CCCOC1.CC(C)(C)C1CCOCC1. The summed E-state index contributed by atoms with van der Waals surface area (Å²) in [6.45, 7) is 25.5. The zero-order chi connectivity index (χ0) is 22.8. The Morgan fingerprint density at radius 3 is 1.30 bits per heavy atom. The predicted octanol–water partition coefficient (Wildman–Crippen LogP) is 9.43. The van der Waals surface area contributed by atoms with E-state index < -0.39 is 0 Å². The van der Waals surface area contributed by atoms with E-state index in [-0.39, 0.29) is 22.3 Å². The summed E-state index contributed by atoms with van der Waals surface area (Å²) in [7, 11) is 0. The lowest BCUT2D eigenvalue weighted by Gasteiger charge is -2.33. The third kappa shape index (κ3) is 16.2. The molecule has 0 aromatic heterocycles. The Morgan fingerprint density at radius 2 is 1.03 bits per heavy atom. The molecule has 33 heavy (non-hydrogen) atoms. The highest BCUT2D eigenvalue weighted by atomic mass is 16.5. The molecule has 0 N–H and O–H groups in total. The summed E-state index contributed by atoms with van der Waals surface area (Å²) in [4.78, 5) is 0. The second-order valence-corrected chi connectivity index (χ2v) is 12.8. The first-order valence-electron chi connectivity index (χ1n) is 12.6. The molecule has 0 aliphatic carbocycles. The van der Waals surface area contributed by atoms with Crippen molar-refractivity contribution in [3.8, 4) is 0 Å². The molecule has 0 bridgehead atoms. The van der Waals surface area contributed by atoms with E-state index in [1.54, 1.807) is 0 Å². The quantitative estimate of drug-likeness (QED) is 0.350. The Labute approximate surface area is 211 Å². The van der Waals surface area contributed by atoms with Gasteiger partial charge in [0.1, 0.15) is 0 Å². The maximum absolute atomic E-state index is 5.64. The van der Waals surface area contributed by atoms with Crippen molar-refractivity contribution in [3.05, 3.63) is 0 Å². The van der Waals surface area contributed by atoms with Crippen LogP contribution in [0.4, 0.5) is 0 Å². The van der Waals surface area contributed by atoms with E-state index in [0.717, 1.165) is 44.9 Å². The topological polar surface area (TPSA) is 27.7 Å². The summed E-state index contributed by atoms with van der Waals surface area (Å²) in [5.74, 6) is 1.66. The number of ether oxygens (including phenoxy) is 3. The monoisotopic (exact) mass is 475 g/mol. The van der Waals surface area contributed by atoms with E-state index in [9.17, 15) is 0 Å². The summed E-state index contributed by atoms with van der Waals surface area (Å²) in [6, 6.07) is 0. The van der Waals surface area contributed by atoms with Gasteiger partial charge in [-0.05, 0) is 73.0 Å². The highest BCUT2D eigenvalue weighted by Gasteiger charge is 2.27. The molecule has 3 nitrogen and oxygen atoms in total. The van der Waals surface area contributed by atoms with Crippen LogP contribution in [-0.2, 0) is 14.2 Å². The van der Waals surface area contributed by atoms with Crippen LogP contribution in [0.5, 0.6) is 0 Å². The summed E-state index contributed by atoms with van der Waals surface area (Å²) in [5.41, 5.74) is 1.28.